The number of carbonyl (C=O) groups excluding carboxylic acids is 1. The zero-order chi connectivity index (χ0) is 10.0. The minimum atomic E-state index is -0.198. The van der Waals surface area contributed by atoms with Crippen molar-refractivity contribution in [1.29, 1.82) is 0 Å². The summed E-state index contributed by atoms with van der Waals surface area (Å²) in [7, 11) is 0. The van der Waals surface area contributed by atoms with Gasteiger partial charge in [0, 0.05) is 0 Å². The molecule has 3 heteroatoms. The molecule has 0 unspecified atom stereocenters. The van der Waals surface area contributed by atoms with Gasteiger partial charge in [-0.3, -0.25) is 0 Å². The van der Waals surface area contributed by atoms with Crippen LogP contribution in [0.15, 0.2) is 12.1 Å². The van der Waals surface area contributed by atoms with Crippen LogP contribution in [-0.2, 0) is 2.69 Å². The molecule has 0 atom stereocenters. The number of hydrogen-bond donors (Lipinski definition) is 0. The van der Waals surface area contributed by atoms with Gasteiger partial charge in [-0.25, -0.2) is 0 Å². The Morgan fingerprint density at radius 1 is 1.23 bits per heavy atom. The normalized spacial score (nSPS) is 9.69. The molecule has 0 aliphatic carbocycles. The fraction of sp³-hybridized carbons (Fsp3) is 0.300. The van der Waals surface area contributed by atoms with Crippen molar-refractivity contribution in [3.05, 3.63) is 34.4 Å². The van der Waals surface area contributed by atoms with Gasteiger partial charge in [-0.15, -0.1) is 0 Å². The van der Waals surface area contributed by atoms with Crippen molar-refractivity contribution >= 4 is 32.2 Å². The van der Waals surface area contributed by atoms with E-state index in [-0.39, 0.29) is 32.2 Å². The zero-order valence-corrected chi connectivity index (χ0v) is 12.5. The summed E-state index contributed by atoms with van der Waals surface area (Å²) in [5, 5.41) is 0. The summed E-state index contributed by atoms with van der Waals surface area (Å²) in [5.41, 5.74) is 4.20. The van der Waals surface area contributed by atoms with Gasteiger partial charge in [0.05, 0.1) is 0 Å². The number of benzene rings is 1. The topological polar surface area (TPSA) is 26.3 Å². The summed E-state index contributed by atoms with van der Waals surface area (Å²) in [4.78, 5) is 11.2. The standard InChI is InChI=1S/C10H12O2.Tl/c1-6-4-9(10(11)12)5-7(2)8(6)3;/h4-5H,1-3H3,(H,11,12);/q;+1/p-1. The van der Waals surface area contributed by atoms with Gasteiger partial charge >= 0.3 is 94.8 Å². The van der Waals surface area contributed by atoms with E-state index in [1.54, 1.807) is 0 Å². The second-order valence-corrected chi connectivity index (χ2v) is 4.06. The fourth-order valence-electron chi connectivity index (χ4n) is 1.22. The van der Waals surface area contributed by atoms with E-state index in [4.69, 9.17) is 2.69 Å². The van der Waals surface area contributed by atoms with E-state index in [0.717, 1.165) is 11.1 Å². The average molecular weight is 368 g/mol. The van der Waals surface area contributed by atoms with Gasteiger partial charge in [0.25, 0.3) is 0 Å². The molecule has 66 valence electrons. The molecule has 0 aromatic heterocycles. The van der Waals surface area contributed by atoms with Crippen molar-refractivity contribution in [2.45, 2.75) is 20.8 Å². The van der Waals surface area contributed by atoms with Crippen LogP contribution in [0.2, 0.25) is 0 Å². The monoisotopic (exact) mass is 368 g/mol. The van der Waals surface area contributed by atoms with Gasteiger partial charge in [0.15, 0.2) is 0 Å². The van der Waals surface area contributed by atoms with Crippen LogP contribution in [0.1, 0.15) is 27.0 Å². The van der Waals surface area contributed by atoms with Crippen molar-refractivity contribution in [1.82, 2.24) is 0 Å². The first-order chi connectivity index (χ1) is 6.06. The van der Waals surface area contributed by atoms with E-state index in [2.05, 4.69) is 6.92 Å². The number of rotatable bonds is 1. The molecular formula is C10H11O2Tl. The molecule has 2 nitrogen and oxygen atoms in total. The Balaban J connectivity index is 3.20. The van der Waals surface area contributed by atoms with Gasteiger partial charge in [-0.2, -0.15) is 0 Å². The summed E-state index contributed by atoms with van der Waals surface area (Å²) in [6, 6.07) is 3.76. The van der Waals surface area contributed by atoms with E-state index >= 15 is 0 Å². The van der Waals surface area contributed by atoms with E-state index in [9.17, 15) is 4.79 Å². The van der Waals surface area contributed by atoms with Crippen LogP contribution < -0.4 is 0 Å². The molecule has 13 heavy (non-hydrogen) atoms. The third-order valence-electron chi connectivity index (χ3n) is 2.27. The van der Waals surface area contributed by atoms with Crippen molar-refractivity contribution in [3.63, 3.8) is 0 Å². The maximum absolute atomic E-state index is 11.2. The Labute approximate surface area is 94.6 Å². The Morgan fingerprint density at radius 2 is 1.69 bits per heavy atom. The van der Waals surface area contributed by atoms with Crippen molar-refractivity contribution in [3.8, 4) is 0 Å². The summed E-state index contributed by atoms with van der Waals surface area (Å²) < 4.78 is 4.81. The van der Waals surface area contributed by atoms with Crippen LogP contribution >= 0.6 is 0 Å². The van der Waals surface area contributed by atoms with Crippen molar-refractivity contribution in [2.75, 3.05) is 0 Å². The van der Waals surface area contributed by atoms with E-state index < -0.39 is 0 Å². The first-order valence-corrected chi connectivity index (χ1v) is 5.88. The molecule has 0 amide bonds. The summed E-state index contributed by atoms with van der Waals surface area (Å²) in [6.07, 6.45) is 0. The molecule has 0 N–H and O–H groups in total. The molecule has 0 fully saturated rings. The third-order valence-corrected chi connectivity index (χ3v) is 3.10. The second kappa shape index (κ2) is 4.22. The molecule has 0 aliphatic rings. The van der Waals surface area contributed by atoms with E-state index in [1.165, 1.54) is 5.56 Å². The Morgan fingerprint density at radius 3 is 2.08 bits per heavy atom. The van der Waals surface area contributed by atoms with Crippen LogP contribution in [0, 0.1) is 20.8 Å². The van der Waals surface area contributed by atoms with Gasteiger partial charge in [-0.05, 0) is 0 Å². The quantitative estimate of drug-likeness (QED) is 0.708. The molecule has 0 spiro atoms. The molecule has 1 rings (SSSR count). The number of hydrogen-bond acceptors (Lipinski definition) is 2. The zero-order valence-electron chi connectivity index (χ0n) is 8.05. The Kier molecular flexibility index (Phi) is 3.47. The van der Waals surface area contributed by atoms with Crippen LogP contribution in [0.25, 0.3) is 0 Å². The van der Waals surface area contributed by atoms with Gasteiger partial charge < -0.3 is 0 Å². The van der Waals surface area contributed by atoms with Gasteiger partial charge in [-0.1, -0.05) is 0 Å². The van der Waals surface area contributed by atoms with Crippen molar-refractivity contribution < 1.29 is 7.48 Å². The van der Waals surface area contributed by atoms with Crippen LogP contribution in [-0.4, -0.2) is 32.2 Å². The number of carbonyl (C=O) groups is 1. The van der Waals surface area contributed by atoms with Crippen LogP contribution in [0.3, 0.4) is 0 Å². The maximum atomic E-state index is 11.2. The molecule has 1 aromatic carbocycles. The molecule has 0 bridgehead atoms. The van der Waals surface area contributed by atoms with Crippen LogP contribution in [0.5, 0.6) is 0 Å². The first kappa shape index (κ1) is 10.7. The summed E-state index contributed by atoms with van der Waals surface area (Å²) in [6.45, 7) is 6.07. The molecule has 0 radical (unpaired) electrons. The van der Waals surface area contributed by atoms with Gasteiger partial charge in [0.2, 0.25) is 0 Å². The fourth-order valence-corrected chi connectivity index (χ4v) is 1.75. The van der Waals surface area contributed by atoms with E-state index in [1.807, 2.05) is 26.0 Å². The molecule has 1 aromatic rings. The third kappa shape index (κ3) is 2.30. The molecule has 0 aliphatic heterocycles. The predicted octanol–water partition coefficient (Wildman–Crippen LogP) is 1.85. The first-order valence-electron chi connectivity index (χ1n) is 4.05. The molecular weight excluding hydrogens is 356 g/mol. The summed E-state index contributed by atoms with van der Waals surface area (Å²) in [5.74, 6) is -0.198. The predicted molar refractivity (Wildman–Crippen MR) is 51.8 cm³/mol. The van der Waals surface area contributed by atoms with Crippen LogP contribution in [0.4, 0.5) is 0 Å². The van der Waals surface area contributed by atoms with Crippen molar-refractivity contribution in [2.24, 2.45) is 0 Å². The summed E-state index contributed by atoms with van der Waals surface area (Å²) >= 11 is 0.263. The van der Waals surface area contributed by atoms with Gasteiger partial charge in [0.1, 0.15) is 0 Å². The SMILES string of the molecule is Cc1cc(C(=O)[O][Tl])cc(C)c1C. The Hall–Kier alpha value is -0.388. The van der Waals surface area contributed by atoms with E-state index in [0.29, 0.717) is 5.56 Å². The Bertz CT molecular complexity index is 322. The minimum absolute atomic E-state index is 0.198. The second-order valence-electron chi connectivity index (χ2n) is 3.14. The molecule has 0 heterocycles. The number of aryl methyl sites for hydroxylation is 2. The molecule has 0 saturated heterocycles. The average Bonchev–Trinajstić information content (AvgIpc) is 2.12. The molecule has 0 saturated carbocycles.